The van der Waals surface area contributed by atoms with E-state index in [-0.39, 0.29) is 22.8 Å². The van der Waals surface area contributed by atoms with Crippen LogP contribution < -0.4 is 0 Å². The first kappa shape index (κ1) is 12.6. The predicted molar refractivity (Wildman–Crippen MR) is 65.6 cm³/mol. The fraction of sp³-hybridized carbons (Fsp3) is 0.786. The van der Waals surface area contributed by atoms with E-state index in [2.05, 4.69) is 27.4 Å². The summed E-state index contributed by atoms with van der Waals surface area (Å²) < 4.78 is 0. The summed E-state index contributed by atoms with van der Waals surface area (Å²) in [5, 5.41) is 19.8. The molecule has 0 aromatic carbocycles. The largest absolute Gasteiger partial charge is 0.478 e. The lowest BCUT2D eigenvalue weighted by Gasteiger charge is -2.45. The highest BCUT2D eigenvalue weighted by molar-refractivity contribution is 5.86. The van der Waals surface area contributed by atoms with Crippen LogP contribution in [0.2, 0.25) is 0 Å². The molecule has 2 fully saturated rings. The Balaban J connectivity index is 2.30. The smallest absolute Gasteiger partial charge is 0.331 e. The van der Waals surface area contributed by atoms with E-state index < -0.39 is 11.6 Å². The van der Waals surface area contributed by atoms with Crippen LogP contribution in [0, 0.1) is 16.7 Å². The molecule has 17 heavy (non-hydrogen) atoms. The van der Waals surface area contributed by atoms with E-state index in [0.29, 0.717) is 12.3 Å². The summed E-state index contributed by atoms with van der Waals surface area (Å²) in [5.74, 6) is -0.498. The van der Waals surface area contributed by atoms with Crippen molar-refractivity contribution in [3.8, 4) is 0 Å². The molecule has 3 atom stereocenters. The highest BCUT2D eigenvalue weighted by Gasteiger charge is 2.68. The van der Waals surface area contributed by atoms with Crippen LogP contribution >= 0.6 is 0 Å². The van der Waals surface area contributed by atoms with Gasteiger partial charge >= 0.3 is 5.97 Å². The van der Waals surface area contributed by atoms with Crippen LogP contribution in [0.4, 0.5) is 0 Å². The van der Waals surface area contributed by atoms with Crippen LogP contribution in [-0.2, 0) is 4.79 Å². The summed E-state index contributed by atoms with van der Waals surface area (Å²) in [5.41, 5.74) is -0.879. The lowest BCUT2D eigenvalue weighted by atomic mass is 9.63. The van der Waals surface area contributed by atoms with E-state index in [4.69, 9.17) is 5.11 Å². The number of carboxylic acid groups (broad SMARTS) is 1. The van der Waals surface area contributed by atoms with Gasteiger partial charge in [-0.25, -0.2) is 4.79 Å². The average molecular weight is 238 g/mol. The lowest BCUT2D eigenvalue weighted by Crippen LogP contribution is -2.47. The van der Waals surface area contributed by atoms with Crippen LogP contribution in [-0.4, -0.2) is 21.8 Å². The summed E-state index contributed by atoms with van der Waals surface area (Å²) in [7, 11) is 0. The van der Waals surface area contributed by atoms with E-state index in [1.807, 2.05) is 0 Å². The van der Waals surface area contributed by atoms with Gasteiger partial charge in [-0.15, -0.1) is 0 Å². The number of rotatable bonds is 3. The SMILES string of the molecule is C=C(C[C@]1(O)C[C@H]2CC[C@]1(C)C2(C)C)C(=O)O. The minimum atomic E-state index is -0.998. The molecule has 2 rings (SSSR count). The molecule has 2 N–H and O–H groups in total. The number of aliphatic carboxylic acids is 1. The Morgan fingerprint density at radius 2 is 2.00 bits per heavy atom. The molecule has 0 aliphatic heterocycles. The minimum absolute atomic E-state index is 0.0839. The van der Waals surface area contributed by atoms with E-state index in [1.54, 1.807) is 0 Å². The maximum absolute atomic E-state index is 10.9. The number of hydrogen-bond donors (Lipinski definition) is 2. The Morgan fingerprint density at radius 3 is 2.35 bits per heavy atom. The molecular weight excluding hydrogens is 216 g/mol. The van der Waals surface area contributed by atoms with E-state index in [9.17, 15) is 9.90 Å². The normalized spacial score (nSPS) is 42.7. The summed E-state index contributed by atoms with van der Waals surface area (Å²) in [6.45, 7) is 10.1. The first-order valence-electron chi connectivity index (χ1n) is 6.27. The van der Waals surface area contributed by atoms with Crippen molar-refractivity contribution >= 4 is 5.97 Å². The molecule has 2 aliphatic carbocycles. The van der Waals surface area contributed by atoms with Gasteiger partial charge < -0.3 is 10.2 Å². The number of hydrogen-bond acceptors (Lipinski definition) is 2. The highest BCUT2D eigenvalue weighted by atomic mass is 16.4. The molecule has 0 radical (unpaired) electrons. The topological polar surface area (TPSA) is 57.5 Å². The van der Waals surface area contributed by atoms with Crippen LogP contribution in [0.15, 0.2) is 12.2 Å². The van der Waals surface area contributed by atoms with Gasteiger partial charge in [0.15, 0.2) is 0 Å². The Morgan fingerprint density at radius 1 is 1.41 bits per heavy atom. The number of carboxylic acids is 1. The number of fused-ring (bicyclic) bond motifs is 2. The fourth-order valence-electron chi connectivity index (χ4n) is 4.11. The van der Waals surface area contributed by atoms with Gasteiger partial charge in [0.05, 0.1) is 5.60 Å². The maximum Gasteiger partial charge on any atom is 0.331 e. The Labute approximate surface area is 103 Å². The molecule has 0 saturated heterocycles. The molecule has 0 unspecified atom stereocenters. The molecule has 3 nitrogen and oxygen atoms in total. The first-order valence-corrected chi connectivity index (χ1v) is 6.27. The van der Waals surface area contributed by atoms with Crippen molar-refractivity contribution in [3.05, 3.63) is 12.2 Å². The van der Waals surface area contributed by atoms with Gasteiger partial charge in [-0.05, 0) is 30.6 Å². The van der Waals surface area contributed by atoms with Crippen molar-refractivity contribution in [1.29, 1.82) is 0 Å². The van der Waals surface area contributed by atoms with Gasteiger partial charge in [0.2, 0.25) is 0 Å². The van der Waals surface area contributed by atoms with Gasteiger partial charge in [-0.2, -0.15) is 0 Å². The highest BCUT2D eigenvalue weighted by Crippen LogP contribution is 2.70. The van der Waals surface area contributed by atoms with E-state index >= 15 is 0 Å². The summed E-state index contributed by atoms with van der Waals surface area (Å²) in [6.07, 6.45) is 3.03. The number of aliphatic hydroxyl groups is 1. The van der Waals surface area contributed by atoms with Gasteiger partial charge in [-0.3, -0.25) is 0 Å². The summed E-state index contributed by atoms with van der Waals surface area (Å²) in [4.78, 5) is 10.9. The summed E-state index contributed by atoms with van der Waals surface area (Å²) in [6, 6.07) is 0. The standard InChI is InChI=1S/C14H22O3/c1-9(11(15)16)7-14(17)8-10-5-6-13(14,4)12(10,2)3/h10,17H,1,5-8H2,2-4H3,(H,15,16)/t10-,13-,14+/m1/s1. The molecule has 0 amide bonds. The van der Waals surface area contributed by atoms with Gasteiger partial charge in [0.1, 0.15) is 0 Å². The molecule has 2 aliphatic rings. The first-order chi connectivity index (χ1) is 7.64. The van der Waals surface area contributed by atoms with Crippen molar-refractivity contribution in [2.75, 3.05) is 0 Å². The maximum atomic E-state index is 10.9. The zero-order valence-corrected chi connectivity index (χ0v) is 10.9. The second kappa shape index (κ2) is 3.35. The minimum Gasteiger partial charge on any atom is -0.478 e. The monoisotopic (exact) mass is 238 g/mol. The lowest BCUT2D eigenvalue weighted by molar-refractivity contribution is -0.135. The Hall–Kier alpha value is -0.830. The quantitative estimate of drug-likeness (QED) is 0.743. The van der Waals surface area contributed by atoms with Crippen LogP contribution in [0.1, 0.15) is 46.5 Å². The Bertz CT molecular complexity index is 385. The second-order valence-corrected chi connectivity index (χ2v) is 6.61. The molecule has 2 saturated carbocycles. The third kappa shape index (κ3) is 1.41. The molecule has 96 valence electrons. The van der Waals surface area contributed by atoms with E-state index in [1.165, 1.54) is 0 Å². The van der Waals surface area contributed by atoms with Gasteiger partial charge in [0.25, 0.3) is 0 Å². The average Bonchev–Trinajstić information content (AvgIpc) is 2.49. The van der Waals surface area contributed by atoms with Crippen molar-refractivity contribution < 1.29 is 15.0 Å². The third-order valence-electron chi connectivity index (χ3n) is 5.86. The third-order valence-corrected chi connectivity index (χ3v) is 5.86. The van der Waals surface area contributed by atoms with Gasteiger partial charge in [0, 0.05) is 17.4 Å². The zero-order chi connectivity index (χ0) is 13.1. The van der Waals surface area contributed by atoms with Crippen molar-refractivity contribution in [2.45, 2.75) is 52.1 Å². The van der Waals surface area contributed by atoms with Crippen LogP contribution in [0.3, 0.4) is 0 Å². The van der Waals surface area contributed by atoms with E-state index in [0.717, 1.165) is 12.8 Å². The molecule has 0 aromatic heterocycles. The van der Waals surface area contributed by atoms with Crippen molar-refractivity contribution in [1.82, 2.24) is 0 Å². The molecule has 3 heteroatoms. The second-order valence-electron chi connectivity index (χ2n) is 6.61. The van der Waals surface area contributed by atoms with Crippen LogP contribution in [0.25, 0.3) is 0 Å². The molecule has 0 spiro atoms. The number of carbonyl (C=O) groups is 1. The molecular formula is C14H22O3. The van der Waals surface area contributed by atoms with Gasteiger partial charge in [-0.1, -0.05) is 27.4 Å². The predicted octanol–water partition coefficient (Wildman–Crippen LogP) is 2.59. The van der Waals surface area contributed by atoms with Crippen molar-refractivity contribution in [2.24, 2.45) is 16.7 Å². The molecule has 0 aromatic rings. The summed E-state index contributed by atoms with van der Waals surface area (Å²) >= 11 is 0. The fourth-order valence-corrected chi connectivity index (χ4v) is 4.11. The zero-order valence-electron chi connectivity index (χ0n) is 10.9. The van der Waals surface area contributed by atoms with Crippen molar-refractivity contribution in [3.63, 3.8) is 0 Å². The Kier molecular flexibility index (Phi) is 2.48. The molecule has 2 bridgehead atoms. The molecule has 0 heterocycles. The van der Waals surface area contributed by atoms with Crippen LogP contribution in [0.5, 0.6) is 0 Å².